The van der Waals surface area contributed by atoms with Crippen molar-refractivity contribution in [1.29, 1.82) is 0 Å². The van der Waals surface area contributed by atoms with Crippen LogP contribution in [0.5, 0.6) is 0 Å². The van der Waals surface area contributed by atoms with Gasteiger partial charge in [0, 0.05) is 11.4 Å². The van der Waals surface area contributed by atoms with E-state index in [1.807, 2.05) is 49.4 Å². The fourth-order valence-corrected chi connectivity index (χ4v) is 4.45. The first-order valence-electron chi connectivity index (χ1n) is 9.23. The minimum absolute atomic E-state index is 0.131. The van der Waals surface area contributed by atoms with Gasteiger partial charge in [-0.15, -0.1) is 0 Å². The maximum atomic E-state index is 6.44. The second-order valence-corrected chi connectivity index (χ2v) is 12.4. The van der Waals surface area contributed by atoms with Crippen molar-refractivity contribution in [3.8, 4) is 0 Å². The van der Waals surface area contributed by atoms with Gasteiger partial charge in [-0.2, -0.15) is 0 Å². The molecule has 1 aliphatic heterocycles. The van der Waals surface area contributed by atoms with Gasteiger partial charge in [-0.05, 0) is 49.8 Å². The first kappa shape index (κ1) is 20.1. The highest BCUT2D eigenvalue weighted by molar-refractivity contribution is 6.69. The highest BCUT2D eigenvalue weighted by Crippen LogP contribution is 2.42. The second-order valence-electron chi connectivity index (χ2n) is 7.55. The lowest BCUT2D eigenvalue weighted by molar-refractivity contribution is -0.363. The van der Waals surface area contributed by atoms with Crippen LogP contribution in [0.2, 0.25) is 24.7 Å². The quantitative estimate of drug-likeness (QED) is 0.452. The Morgan fingerprint density at radius 3 is 2.37 bits per heavy atom. The summed E-state index contributed by atoms with van der Waals surface area (Å²) in [6.45, 7) is 8.78. The zero-order chi connectivity index (χ0) is 19.5. The van der Waals surface area contributed by atoms with E-state index in [-0.39, 0.29) is 5.92 Å². The molecule has 144 valence electrons. The molecule has 6 heteroatoms. The van der Waals surface area contributed by atoms with Crippen LogP contribution >= 0.6 is 11.6 Å². The molecule has 2 aromatic carbocycles. The third kappa shape index (κ3) is 4.79. The van der Waals surface area contributed by atoms with E-state index in [0.29, 0.717) is 18.1 Å². The van der Waals surface area contributed by atoms with Gasteiger partial charge in [0.1, 0.15) is 0 Å². The monoisotopic (exact) mass is 403 g/mol. The highest BCUT2D eigenvalue weighted by atomic mass is 35.5. The summed E-state index contributed by atoms with van der Waals surface area (Å²) in [5.41, 5.74) is 2.94. The standard InChI is InChI=1S/C21H26ClNO3Si/c1-5-24-21(26-27(2,3)4)19(16-9-7-6-8-10-16)15-20(23-25-21)17-11-13-18(22)14-12-17/h6-14,19H,5,15H2,1-4H3. The molecule has 2 aromatic rings. The number of rotatable bonds is 6. The summed E-state index contributed by atoms with van der Waals surface area (Å²) in [6.07, 6.45) is 0.649. The van der Waals surface area contributed by atoms with Gasteiger partial charge in [0.05, 0.1) is 18.2 Å². The Balaban J connectivity index is 2.04. The van der Waals surface area contributed by atoms with Crippen molar-refractivity contribution < 1.29 is 14.0 Å². The Morgan fingerprint density at radius 2 is 1.78 bits per heavy atom. The van der Waals surface area contributed by atoms with E-state index in [1.54, 1.807) is 0 Å². The average Bonchev–Trinajstić information content (AvgIpc) is 2.62. The van der Waals surface area contributed by atoms with Crippen molar-refractivity contribution in [3.05, 3.63) is 70.7 Å². The third-order valence-electron chi connectivity index (χ3n) is 4.28. The number of nitrogens with zero attached hydrogens (tertiary/aromatic N) is 1. The normalized spacial score (nSPS) is 22.9. The molecule has 27 heavy (non-hydrogen) atoms. The first-order valence-corrected chi connectivity index (χ1v) is 13.0. The van der Waals surface area contributed by atoms with Crippen molar-refractivity contribution in [1.82, 2.24) is 0 Å². The van der Waals surface area contributed by atoms with Crippen molar-refractivity contribution in [2.75, 3.05) is 6.61 Å². The Hall–Kier alpha value is -1.66. The molecule has 2 unspecified atom stereocenters. The second kappa shape index (κ2) is 8.15. The SMILES string of the molecule is CCOC1(O[Si](C)(C)C)ON=C(c2ccc(Cl)cc2)CC1c1ccccc1. The van der Waals surface area contributed by atoms with E-state index < -0.39 is 14.3 Å². The topological polar surface area (TPSA) is 40.0 Å². The van der Waals surface area contributed by atoms with Crippen molar-refractivity contribution in [3.63, 3.8) is 0 Å². The highest BCUT2D eigenvalue weighted by Gasteiger charge is 2.51. The van der Waals surface area contributed by atoms with E-state index in [1.165, 1.54) is 0 Å². The van der Waals surface area contributed by atoms with Crippen molar-refractivity contribution in [2.24, 2.45) is 5.16 Å². The Bertz CT molecular complexity index is 789. The molecule has 0 spiro atoms. The number of hydrogen-bond donors (Lipinski definition) is 0. The molecule has 0 bridgehead atoms. The Labute approximate surface area is 167 Å². The van der Waals surface area contributed by atoms with Crippen LogP contribution in [0.1, 0.15) is 30.4 Å². The summed E-state index contributed by atoms with van der Waals surface area (Å²) in [7, 11) is -1.97. The van der Waals surface area contributed by atoms with E-state index in [0.717, 1.165) is 16.8 Å². The molecule has 0 saturated heterocycles. The zero-order valence-corrected chi connectivity index (χ0v) is 18.0. The lowest BCUT2D eigenvalue weighted by Gasteiger charge is -2.43. The predicted octanol–water partition coefficient (Wildman–Crippen LogP) is 5.79. The maximum Gasteiger partial charge on any atom is 0.348 e. The van der Waals surface area contributed by atoms with E-state index in [2.05, 4.69) is 36.9 Å². The lowest BCUT2D eigenvalue weighted by Crippen LogP contribution is -2.52. The predicted molar refractivity (Wildman–Crippen MR) is 112 cm³/mol. The summed E-state index contributed by atoms with van der Waals surface area (Å²) >= 11 is 6.03. The molecule has 0 saturated carbocycles. The molecule has 0 aromatic heterocycles. The van der Waals surface area contributed by atoms with Crippen LogP contribution in [0.15, 0.2) is 59.8 Å². The van der Waals surface area contributed by atoms with Crippen LogP contribution in [0.3, 0.4) is 0 Å². The molecule has 0 aliphatic carbocycles. The molecule has 0 N–H and O–H groups in total. The molecule has 1 heterocycles. The van der Waals surface area contributed by atoms with Gasteiger partial charge in [0.15, 0.2) is 8.32 Å². The fraction of sp³-hybridized carbons (Fsp3) is 0.381. The summed E-state index contributed by atoms with van der Waals surface area (Å²) < 4.78 is 12.5. The third-order valence-corrected chi connectivity index (χ3v) is 5.43. The molecule has 0 radical (unpaired) electrons. The average molecular weight is 404 g/mol. The van der Waals surface area contributed by atoms with Gasteiger partial charge < -0.3 is 14.0 Å². The van der Waals surface area contributed by atoms with Crippen LogP contribution in [0.4, 0.5) is 0 Å². The number of halogens is 1. The summed E-state index contributed by atoms with van der Waals surface area (Å²) in [6, 6.07) is 17.9. The molecule has 4 nitrogen and oxygen atoms in total. The number of hydrogen-bond acceptors (Lipinski definition) is 4. The van der Waals surface area contributed by atoms with Crippen LogP contribution in [0, 0.1) is 0 Å². The minimum Gasteiger partial charge on any atom is -0.358 e. The Kier molecular flexibility index (Phi) is 6.06. The van der Waals surface area contributed by atoms with E-state index in [4.69, 9.17) is 25.6 Å². The minimum atomic E-state index is -1.97. The summed E-state index contributed by atoms with van der Waals surface area (Å²) in [4.78, 5) is 5.99. The molecule has 1 aliphatic rings. The van der Waals surface area contributed by atoms with Gasteiger partial charge >= 0.3 is 5.97 Å². The van der Waals surface area contributed by atoms with E-state index in [9.17, 15) is 0 Å². The smallest absolute Gasteiger partial charge is 0.348 e. The summed E-state index contributed by atoms with van der Waals surface area (Å²) in [5, 5.41) is 5.10. The molecule has 2 atom stereocenters. The molecule has 3 rings (SSSR count). The van der Waals surface area contributed by atoms with E-state index >= 15 is 0 Å². The van der Waals surface area contributed by atoms with Crippen LogP contribution in [0.25, 0.3) is 0 Å². The van der Waals surface area contributed by atoms with Gasteiger partial charge in [0.25, 0.3) is 0 Å². The first-order chi connectivity index (χ1) is 12.8. The lowest BCUT2D eigenvalue weighted by atomic mass is 9.88. The number of ether oxygens (including phenoxy) is 1. The van der Waals surface area contributed by atoms with Gasteiger partial charge in [-0.25, -0.2) is 0 Å². The van der Waals surface area contributed by atoms with Gasteiger partial charge in [-0.3, -0.25) is 0 Å². The maximum absolute atomic E-state index is 6.44. The zero-order valence-electron chi connectivity index (χ0n) is 16.2. The summed E-state index contributed by atoms with van der Waals surface area (Å²) in [5.74, 6) is -1.34. The largest absolute Gasteiger partial charge is 0.358 e. The molecular formula is C21H26ClNO3Si. The van der Waals surface area contributed by atoms with Gasteiger partial charge in [0.2, 0.25) is 0 Å². The number of benzene rings is 2. The Morgan fingerprint density at radius 1 is 1.11 bits per heavy atom. The van der Waals surface area contributed by atoms with Crippen LogP contribution in [-0.2, 0) is 14.0 Å². The molecule has 0 fully saturated rings. The number of oxime groups is 1. The van der Waals surface area contributed by atoms with Crippen molar-refractivity contribution in [2.45, 2.75) is 44.9 Å². The van der Waals surface area contributed by atoms with Gasteiger partial charge in [-0.1, -0.05) is 59.2 Å². The molecular weight excluding hydrogens is 378 g/mol. The fourth-order valence-electron chi connectivity index (χ4n) is 3.23. The molecule has 0 amide bonds. The van der Waals surface area contributed by atoms with Crippen LogP contribution < -0.4 is 0 Å². The van der Waals surface area contributed by atoms with Crippen molar-refractivity contribution >= 4 is 25.6 Å². The van der Waals surface area contributed by atoms with Crippen LogP contribution in [-0.4, -0.2) is 26.6 Å².